The van der Waals surface area contributed by atoms with E-state index < -0.39 is 11.7 Å². The molecule has 1 rings (SSSR count). The predicted molar refractivity (Wildman–Crippen MR) is 56.7 cm³/mol. The number of rotatable bonds is 3. The van der Waals surface area contributed by atoms with E-state index in [0.29, 0.717) is 6.42 Å². The standard InChI is InChI=1S/C11H20O5/c1-11(2,3)10(13)15-6-8-7(14-4)5-9(12)16-8/h7-9,12H,5-6H2,1-4H3/t7-,8-,9+/m1/s1. The van der Waals surface area contributed by atoms with Crippen LogP contribution >= 0.6 is 0 Å². The van der Waals surface area contributed by atoms with Crippen LogP contribution in [-0.4, -0.2) is 43.3 Å². The van der Waals surface area contributed by atoms with Crippen LogP contribution in [0.25, 0.3) is 0 Å². The highest BCUT2D eigenvalue weighted by atomic mass is 16.7. The van der Waals surface area contributed by atoms with Crippen molar-refractivity contribution in [2.75, 3.05) is 13.7 Å². The molecule has 1 heterocycles. The van der Waals surface area contributed by atoms with Crippen LogP contribution in [0.4, 0.5) is 0 Å². The topological polar surface area (TPSA) is 65.0 Å². The molecule has 1 aliphatic heterocycles. The number of esters is 1. The van der Waals surface area contributed by atoms with Gasteiger partial charge in [-0.05, 0) is 20.8 Å². The maximum atomic E-state index is 11.5. The van der Waals surface area contributed by atoms with Gasteiger partial charge in [-0.2, -0.15) is 0 Å². The van der Waals surface area contributed by atoms with E-state index in [-0.39, 0.29) is 24.8 Å². The number of aliphatic hydroxyl groups is 1. The zero-order valence-corrected chi connectivity index (χ0v) is 10.2. The Morgan fingerprint density at radius 1 is 1.50 bits per heavy atom. The molecule has 1 N–H and O–H groups in total. The number of carbonyl (C=O) groups excluding carboxylic acids is 1. The molecule has 0 unspecified atom stereocenters. The van der Waals surface area contributed by atoms with Crippen molar-refractivity contribution in [1.82, 2.24) is 0 Å². The van der Waals surface area contributed by atoms with Crippen molar-refractivity contribution in [3.05, 3.63) is 0 Å². The van der Waals surface area contributed by atoms with Gasteiger partial charge in [0.15, 0.2) is 6.29 Å². The van der Waals surface area contributed by atoms with Crippen molar-refractivity contribution in [3.63, 3.8) is 0 Å². The van der Waals surface area contributed by atoms with E-state index in [1.54, 1.807) is 27.9 Å². The second-order valence-electron chi connectivity index (χ2n) is 4.99. The molecule has 3 atom stereocenters. The molecule has 0 amide bonds. The molecular weight excluding hydrogens is 212 g/mol. The van der Waals surface area contributed by atoms with Crippen LogP contribution in [0.5, 0.6) is 0 Å². The van der Waals surface area contributed by atoms with Crippen LogP contribution < -0.4 is 0 Å². The molecule has 94 valence electrons. The SMILES string of the molecule is CO[C@@H]1C[C@@H](O)O[C@@H]1COC(=O)C(C)(C)C. The summed E-state index contributed by atoms with van der Waals surface area (Å²) in [5.41, 5.74) is -0.528. The van der Waals surface area contributed by atoms with E-state index in [1.807, 2.05) is 0 Å². The van der Waals surface area contributed by atoms with Gasteiger partial charge in [-0.1, -0.05) is 0 Å². The minimum atomic E-state index is -0.830. The molecule has 0 spiro atoms. The van der Waals surface area contributed by atoms with Gasteiger partial charge in [0.05, 0.1) is 11.5 Å². The first-order chi connectivity index (χ1) is 7.34. The molecule has 0 saturated carbocycles. The molecule has 16 heavy (non-hydrogen) atoms. The zero-order valence-electron chi connectivity index (χ0n) is 10.2. The van der Waals surface area contributed by atoms with Crippen LogP contribution in [0.2, 0.25) is 0 Å². The predicted octanol–water partition coefficient (Wildman–Crippen LogP) is 0.698. The minimum absolute atomic E-state index is 0.117. The summed E-state index contributed by atoms with van der Waals surface area (Å²) in [6.45, 7) is 5.47. The Hall–Kier alpha value is -0.650. The lowest BCUT2D eigenvalue weighted by Crippen LogP contribution is -2.32. The lowest BCUT2D eigenvalue weighted by atomic mass is 9.97. The Kier molecular flexibility index (Phi) is 4.29. The molecule has 0 bridgehead atoms. The Balaban J connectivity index is 2.40. The number of methoxy groups -OCH3 is 1. The van der Waals surface area contributed by atoms with Crippen molar-refractivity contribution < 1.29 is 24.1 Å². The fourth-order valence-electron chi connectivity index (χ4n) is 1.46. The Labute approximate surface area is 95.7 Å². The van der Waals surface area contributed by atoms with Gasteiger partial charge in [0, 0.05) is 13.5 Å². The lowest BCUT2D eigenvalue weighted by Gasteiger charge is -2.20. The Morgan fingerprint density at radius 3 is 2.62 bits per heavy atom. The summed E-state index contributed by atoms with van der Waals surface area (Å²) in [4.78, 5) is 11.5. The number of hydrogen-bond donors (Lipinski definition) is 1. The van der Waals surface area contributed by atoms with E-state index in [4.69, 9.17) is 14.2 Å². The first-order valence-corrected chi connectivity index (χ1v) is 5.38. The Bertz CT molecular complexity index is 245. The van der Waals surface area contributed by atoms with Crippen molar-refractivity contribution in [2.45, 2.75) is 45.7 Å². The van der Waals surface area contributed by atoms with Gasteiger partial charge in [0.1, 0.15) is 12.7 Å². The largest absolute Gasteiger partial charge is 0.462 e. The Morgan fingerprint density at radius 2 is 2.12 bits per heavy atom. The lowest BCUT2D eigenvalue weighted by molar-refractivity contribution is -0.163. The number of ether oxygens (including phenoxy) is 3. The summed E-state index contributed by atoms with van der Waals surface area (Å²) in [6.07, 6.45) is -1.02. The van der Waals surface area contributed by atoms with E-state index in [1.165, 1.54) is 0 Å². The maximum Gasteiger partial charge on any atom is 0.311 e. The molecule has 5 heteroatoms. The third kappa shape index (κ3) is 3.43. The third-order valence-electron chi connectivity index (χ3n) is 2.47. The molecule has 0 aromatic heterocycles. The smallest absolute Gasteiger partial charge is 0.311 e. The number of carbonyl (C=O) groups is 1. The van der Waals surface area contributed by atoms with E-state index in [0.717, 1.165) is 0 Å². The van der Waals surface area contributed by atoms with E-state index in [9.17, 15) is 9.90 Å². The second kappa shape index (κ2) is 5.12. The van der Waals surface area contributed by atoms with E-state index in [2.05, 4.69) is 0 Å². The van der Waals surface area contributed by atoms with Gasteiger partial charge < -0.3 is 19.3 Å². The molecule has 5 nitrogen and oxygen atoms in total. The molecule has 1 aliphatic rings. The summed E-state index contributed by atoms with van der Waals surface area (Å²) in [7, 11) is 1.55. The van der Waals surface area contributed by atoms with Crippen molar-refractivity contribution >= 4 is 5.97 Å². The van der Waals surface area contributed by atoms with Gasteiger partial charge in [-0.15, -0.1) is 0 Å². The van der Waals surface area contributed by atoms with Crippen LogP contribution in [0.3, 0.4) is 0 Å². The normalized spacial score (nSPS) is 30.4. The van der Waals surface area contributed by atoms with Gasteiger partial charge in [-0.3, -0.25) is 4.79 Å². The van der Waals surface area contributed by atoms with E-state index >= 15 is 0 Å². The third-order valence-corrected chi connectivity index (χ3v) is 2.47. The summed E-state index contributed by atoms with van der Waals surface area (Å²) in [5.74, 6) is -0.285. The molecule has 1 fully saturated rings. The molecule has 0 aromatic rings. The maximum absolute atomic E-state index is 11.5. The van der Waals surface area contributed by atoms with Crippen LogP contribution in [-0.2, 0) is 19.0 Å². The van der Waals surface area contributed by atoms with Crippen LogP contribution in [0.15, 0.2) is 0 Å². The highest BCUT2D eigenvalue weighted by Crippen LogP contribution is 2.23. The summed E-state index contributed by atoms with van der Waals surface area (Å²) in [6, 6.07) is 0. The van der Waals surface area contributed by atoms with Crippen molar-refractivity contribution in [1.29, 1.82) is 0 Å². The summed E-state index contributed by atoms with van der Waals surface area (Å²) >= 11 is 0. The van der Waals surface area contributed by atoms with Crippen LogP contribution in [0, 0.1) is 5.41 Å². The van der Waals surface area contributed by atoms with Crippen LogP contribution in [0.1, 0.15) is 27.2 Å². The minimum Gasteiger partial charge on any atom is -0.462 e. The van der Waals surface area contributed by atoms with Gasteiger partial charge in [-0.25, -0.2) is 0 Å². The molecular formula is C11H20O5. The fraction of sp³-hybridized carbons (Fsp3) is 0.909. The van der Waals surface area contributed by atoms with Crippen molar-refractivity contribution in [2.24, 2.45) is 5.41 Å². The van der Waals surface area contributed by atoms with Gasteiger partial charge >= 0.3 is 5.97 Å². The molecule has 1 saturated heterocycles. The zero-order chi connectivity index (χ0) is 12.3. The summed E-state index contributed by atoms with van der Waals surface area (Å²) in [5, 5.41) is 9.28. The number of hydrogen-bond acceptors (Lipinski definition) is 5. The first-order valence-electron chi connectivity index (χ1n) is 5.38. The summed E-state index contributed by atoms with van der Waals surface area (Å²) < 4.78 is 15.4. The molecule has 0 aliphatic carbocycles. The highest BCUT2D eigenvalue weighted by molar-refractivity contribution is 5.75. The van der Waals surface area contributed by atoms with Gasteiger partial charge in [0.2, 0.25) is 0 Å². The average Bonchev–Trinajstić information content (AvgIpc) is 2.53. The number of aliphatic hydroxyl groups excluding tert-OH is 1. The van der Waals surface area contributed by atoms with Gasteiger partial charge in [0.25, 0.3) is 0 Å². The first kappa shape index (κ1) is 13.4. The van der Waals surface area contributed by atoms with Crippen molar-refractivity contribution in [3.8, 4) is 0 Å². The average molecular weight is 232 g/mol. The monoisotopic (exact) mass is 232 g/mol. The quantitative estimate of drug-likeness (QED) is 0.725. The molecule has 0 aromatic carbocycles. The fourth-order valence-corrected chi connectivity index (χ4v) is 1.46. The second-order valence-corrected chi connectivity index (χ2v) is 4.99. The highest BCUT2D eigenvalue weighted by Gasteiger charge is 2.36. The molecule has 0 radical (unpaired) electrons.